The molecule has 0 N–H and O–H groups in total. The third-order valence-electron chi connectivity index (χ3n) is 3.78. The van der Waals surface area contributed by atoms with Crippen molar-refractivity contribution >= 4 is 9.84 Å². The zero-order valence-corrected chi connectivity index (χ0v) is 13.0. The molecule has 112 valence electrons. The average molecular weight is 297 g/mol. The molecule has 0 amide bonds. The van der Waals surface area contributed by atoms with Crippen molar-refractivity contribution in [2.45, 2.75) is 26.0 Å². The van der Waals surface area contributed by atoms with Crippen molar-refractivity contribution in [2.24, 2.45) is 0 Å². The van der Waals surface area contributed by atoms with E-state index >= 15 is 0 Å². The van der Waals surface area contributed by atoms with Crippen LogP contribution in [0, 0.1) is 0 Å². The highest BCUT2D eigenvalue weighted by Crippen LogP contribution is 2.25. The molecule has 0 radical (unpaired) electrons. The van der Waals surface area contributed by atoms with E-state index in [4.69, 9.17) is 4.74 Å². The zero-order chi connectivity index (χ0) is 14.6. The summed E-state index contributed by atoms with van der Waals surface area (Å²) in [5.41, 5.74) is 1.19. The highest BCUT2D eigenvalue weighted by Gasteiger charge is 2.28. The van der Waals surface area contributed by atoms with Crippen LogP contribution in [0.25, 0.3) is 0 Å². The second-order valence-electron chi connectivity index (χ2n) is 5.30. The van der Waals surface area contributed by atoms with Gasteiger partial charge >= 0.3 is 0 Å². The van der Waals surface area contributed by atoms with Gasteiger partial charge in [-0.15, -0.1) is 0 Å². The van der Waals surface area contributed by atoms with Crippen LogP contribution in [0.15, 0.2) is 30.3 Å². The lowest BCUT2D eigenvalue weighted by molar-refractivity contribution is -0.0538. The van der Waals surface area contributed by atoms with E-state index in [0.717, 1.165) is 6.54 Å². The maximum atomic E-state index is 11.7. The number of morpholine rings is 1. The Balaban J connectivity index is 2.09. The van der Waals surface area contributed by atoms with Crippen LogP contribution in [-0.2, 0) is 14.6 Å². The fourth-order valence-electron chi connectivity index (χ4n) is 2.50. The van der Waals surface area contributed by atoms with Gasteiger partial charge in [0.05, 0.1) is 24.5 Å². The predicted molar refractivity (Wildman–Crippen MR) is 80.5 cm³/mol. The molecule has 0 aromatic heterocycles. The van der Waals surface area contributed by atoms with Crippen molar-refractivity contribution in [1.82, 2.24) is 4.90 Å². The summed E-state index contributed by atoms with van der Waals surface area (Å²) >= 11 is 0. The molecule has 1 aliphatic rings. The quantitative estimate of drug-likeness (QED) is 0.832. The van der Waals surface area contributed by atoms with Crippen molar-refractivity contribution in [3.63, 3.8) is 0 Å². The standard InChI is InChI=1S/C15H23NO3S/c1-3-20(17,18)10-9-16-11-13(2)19-12-15(16)14-7-5-4-6-8-14/h4-8,13,15H,3,9-12H2,1-2H3/t13-,15-/m0/s1. The van der Waals surface area contributed by atoms with Gasteiger partial charge in [0.1, 0.15) is 0 Å². The summed E-state index contributed by atoms with van der Waals surface area (Å²) < 4.78 is 29.2. The lowest BCUT2D eigenvalue weighted by atomic mass is 10.0. The van der Waals surface area contributed by atoms with Gasteiger partial charge in [0.25, 0.3) is 0 Å². The first-order chi connectivity index (χ1) is 9.52. The van der Waals surface area contributed by atoms with E-state index in [-0.39, 0.29) is 23.7 Å². The lowest BCUT2D eigenvalue weighted by Crippen LogP contribution is -2.45. The summed E-state index contributed by atoms with van der Waals surface area (Å²) in [5.74, 6) is 0.433. The third-order valence-corrected chi connectivity index (χ3v) is 5.47. The number of benzene rings is 1. The topological polar surface area (TPSA) is 46.6 Å². The first-order valence-electron chi connectivity index (χ1n) is 7.13. The number of rotatable bonds is 5. The van der Waals surface area contributed by atoms with Crippen LogP contribution in [-0.4, -0.2) is 50.6 Å². The SMILES string of the molecule is CCS(=O)(=O)CCN1C[C@H](C)OC[C@H]1c1ccccc1. The van der Waals surface area contributed by atoms with Crippen molar-refractivity contribution in [1.29, 1.82) is 0 Å². The molecule has 0 saturated carbocycles. The first-order valence-corrected chi connectivity index (χ1v) is 8.95. The van der Waals surface area contributed by atoms with Crippen LogP contribution in [0.1, 0.15) is 25.5 Å². The Morgan fingerprint density at radius 2 is 2.00 bits per heavy atom. The molecule has 1 fully saturated rings. The van der Waals surface area contributed by atoms with Crippen molar-refractivity contribution in [2.75, 3.05) is 31.2 Å². The number of nitrogens with zero attached hydrogens (tertiary/aromatic N) is 1. The summed E-state index contributed by atoms with van der Waals surface area (Å²) in [7, 11) is -2.92. The molecular formula is C15H23NO3S. The molecule has 5 heteroatoms. The molecular weight excluding hydrogens is 274 g/mol. The number of hydrogen-bond acceptors (Lipinski definition) is 4. The van der Waals surface area contributed by atoms with Crippen LogP contribution < -0.4 is 0 Å². The van der Waals surface area contributed by atoms with Crippen LogP contribution in [0.2, 0.25) is 0 Å². The fourth-order valence-corrected chi connectivity index (χ4v) is 3.30. The normalized spacial score (nSPS) is 24.7. The number of ether oxygens (including phenoxy) is 1. The van der Waals surface area contributed by atoms with Gasteiger partial charge in [0.2, 0.25) is 0 Å². The number of hydrogen-bond donors (Lipinski definition) is 0. The summed E-state index contributed by atoms with van der Waals surface area (Å²) in [4.78, 5) is 2.23. The Labute approximate surface area is 121 Å². The van der Waals surface area contributed by atoms with E-state index in [1.54, 1.807) is 6.92 Å². The maximum absolute atomic E-state index is 11.7. The maximum Gasteiger partial charge on any atom is 0.151 e. The van der Waals surface area contributed by atoms with Gasteiger partial charge in [0, 0.05) is 18.8 Å². The van der Waals surface area contributed by atoms with Gasteiger partial charge in [-0.3, -0.25) is 4.90 Å². The minimum Gasteiger partial charge on any atom is -0.375 e. The molecule has 0 unspecified atom stereocenters. The Kier molecular flexibility index (Phi) is 5.18. The van der Waals surface area contributed by atoms with Gasteiger partial charge in [-0.05, 0) is 12.5 Å². The van der Waals surface area contributed by atoms with Crippen molar-refractivity contribution < 1.29 is 13.2 Å². The Morgan fingerprint density at radius 1 is 1.30 bits per heavy atom. The van der Waals surface area contributed by atoms with Crippen molar-refractivity contribution in [3.8, 4) is 0 Å². The second-order valence-corrected chi connectivity index (χ2v) is 7.77. The molecule has 2 atom stereocenters. The molecule has 1 aromatic carbocycles. The zero-order valence-electron chi connectivity index (χ0n) is 12.2. The minimum absolute atomic E-state index is 0.152. The van der Waals surface area contributed by atoms with E-state index in [2.05, 4.69) is 17.0 Å². The smallest absolute Gasteiger partial charge is 0.151 e. The van der Waals surface area contributed by atoms with Crippen LogP contribution in [0.5, 0.6) is 0 Å². The summed E-state index contributed by atoms with van der Waals surface area (Å²) in [5, 5.41) is 0. The van der Waals surface area contributed by atoms with Gasteiger partial charge < -0.3 is 4.74 Å². The van der Waals surface area contributed by atoms with Gasteiger partial charge in [0.15, 0.2) is 9.84 Å². The molecule has 2 rings (SSSR count). The van der Waals surface area contributed by atoms with Crippen LogP contribution >= 0.6 is 0 Å². The molecule has 1 aliphatic heterocycles. The van der Waals surface area contributed by atoms with Crippen LogP contribution in [0.4, 0.5) is 0 Å². The fraction of sp³-hybridized carbons (Fsp3) is 0.600. The van der Waals surface area contributed by atoms with E-state index in [9.17, 15) is 8.42 Å². The van der Waals surface area contributed by atoms with Crippen molar-refractivity contribution in [3.05, 3.63) is 35.9 Å². The molecule has 0 aliphatic carbocycles. The third kappa shape index (κ3) is 4.04. The minimum atomic E-state index is -2.92. The van der Waals surface area contributed by atoms with Gasteiger partial charge in [-0.25, -0.2) is 8.42 Å². The molecule has 0 bridgehead atoms. The molecule has 4 nitrogen and oxygen atoms in total. The lowest BCUT2D eigenvalue weighted by Gasteiger charge is -2.38. The largest absolute Gasteiger partial charge is 0.375 e. The first kappa shape index (κ1) is 15.5. The second kappa shape index (κ2) is 6.70. The van der Waals surface area contributed by atoms with E-state index in [0.29, 0.717) is 13.2 Å². The summed E-state index contributed by atoms with van der Waals surface area (Å²) in [6, 6.07) is 10.3. The van der Waals surface area contributed by atoms with E-state index in [1.165, 1.54) is 5.56 Å². The van der Waals surface area contributed by atoms with Gasteiger partial charge in [-0.1, -0.05) is 37.3 Å². The molecule has 1 heterocycles. The Bertz CT molecular complexity index is 515. The van der Waals surface area contributed by atoms with Gasteiger partial charge in [-0.2, -0.15) is 0 Å². The number of sulfone groups is 1. The Hall–Kier alpha value is -0.910. The molecule has 1 saturated heterocycles. The summed E-state index contributed by atoms with van der Waals surface area (Å²) in [6.45, 7) is 5.70. The van der Waals surface area contributed by atoms with E-state index < -0.39 is 9.84 Å². The molecule has 1 aromatic rings. The highest BCUT2D eigenvalue weighted by atomic mass is 32.2. The molecule has 0 spiro atoms. The summed E-state index contributed by atoms with van der Waals surface area (Å²) in [6.07, 6.45) is 0.152. The predicted octanol–water partition coefficient (Wildman–Crippen LogP) is 1.88. The average Bonchev–Trinajstić information content (AvgIpc) is 2.46. The molecule has 20 heavy (non-hydrogen) atoms. The van der Waals surface area contributed by atoms with Crippen LogP contribution in [0.3, 0.4) is 0 Å². The Morgan fingerprint density at radius 3 is 2.65 bits per heavy atom. The monoisotopic (exact) mass is 297 g/mol. The van der Waals surface area contributed by atoms with E-state index in [1.807, 2.05) is 25.1 Å². The highest BCUT2D eigenvalue weighted by molar-refractivity contribution is 7.91.